The van der Waals surface area contributed by atoms with Crippen molar-refractivity contribution in [2.45, 2.75) is 26.3 Å². The maximum Gasteiger partial charge on any atom is 0.329 e. The van der Waals surface area contributed by atoms with E-state index in [0.29, 0.717) is 21.6 Å². The highest BCUT2D eigenvalue weighted by Crippen LogP contribution is 2.34. The van der Waals surface area contributed by atoms with Crippen molar-refractivity contribution in [2.75, 3.05) is 0 Å². The molecule has 29 heavy (non-hydrogen) atoms. The molecular weight excluding hydrogens is 384 g/mol. The third-order valence-electron chi connectivity index (χ3n) is 5.05. The third-order valence-corrected chi connectivity index (χ3v) is 5.92. The maximum absolute atomic E-state index is 13.7. The number of hydrogen-bond acceptors (Lipinski definition) is 4. The number of fused-ring (bicyclic) bond motifs is 1. The lowest BCUT2D eigenvalue weighted by atomic mass is 10.0. The van der Waals surface area contributed by atoms with E-state index >= 15 is 0 Å². The smallest absolute Gasteiger partial charge is 0.329 e. The molecule has 0 unspecified atom stereocenters. The molecule has 0 saturated heterocycles. The molecule has 0 saturated carbocycles. The Hall–Kier alpha value is -3.25. The fourth-order valence-corrected chi connectivity index (χ4v) is 4.35. The molecule has 0 fully saturated rings. The molecule has 2 heterocycles. The van der Waals surface area contributed by atoms with Gasteiger partial charge in [0.2, 0.25) is 0 Å². The van der Waals surface area contributed by atoms with Gasteiger partial charge in [-0.05, 0) is 32.4 Å². The first-order chi connectivity index (χ1) is 13.8. The standard InChI is InChI=1S/C23H20N2O3S/c1-14-8-7-11-16(12-14)19-24-20-18(21(26)25(19)23(2,3)22(27)28)17(13-29-20)15-9-5-4-6-10-15/h4-13H,1-3H3,(H,27,28). The molecule has 0 bridgehead atoms. The van der Waals surface area contributed by atoms with Crippen molar-refractivity contribution in [3.8, 4) is 22.5 Å². The number of nitrogens with zero attached hydrogens (tertiary/aromatic N) is 2. The molecule has 1 N–H and O–H groups in total. The number of carboxylic acid groups (broad SMARTS) is 1. The Morgan fingerprint density at radius 3 is 2.41 bits per heavy atom. The summed E-state index contributed by atoms with van der Waals surface area (Å²) < 4.78 is 1.31. The van der Waals surface area contributed by atoms with Gasteiger partial charge in [0.1, 0.15) is 16.2 Å². The Kier molecular flexibility index (Phi) is 4.59. The Morgan fingerprint density at radius 2 is 1.76 bits per heavy atom. The number of aryl methyl sites for hydroxylation is 1. The molecule has 2 aromatic heterocycles. The summed E-state index contributed by atoms with van der Waals surface area (Å²) in [7, 11) is 0. The van der Waals surface area contributed by atoms with E-state index in [2.05, 4.69) is 0 Å². The summed E-state index contributed by atoms with van der Waals surface area (Å²) in [5, 5.41) is 12.2. The van der Waals surface area contributed by atoms with Crippen molar-refractivity contribution in [3.63, 3.8) is 0 Å². The summed E-state index contributed by atoms with van der Waals surface area (Å²) >= 11 is 1.39. The third kappa shape index (κ3) is 3.15. The minimum atomic E-state index is -1.47. The van der Waals surface area contributed by atoms with E-state index in [0.717, 1.165) is 16.7 Å². The molecule has 0 spiro atoms. The topological polar surface area (TPSA) is 72.2 Å². The lowest BCUT2D eigenvalue weighted by Crippen LogP contribution is -2.44. The van der Waals surface area contributed by atoms with Crippen LogP contribution in [0.3, 0.4) is 0 Å². The van der Waals surface area contributed by atoms with Crippen LogP contribution in [-0.2, 0) is 10.3 Å². The van der Waals surface area contributed by atoms with Gasteiger partial charge in [-0.3, -0.25) is 9.36 Å². The molecule has 0 aliphatic carbocycles. The van der Waals surface area contributed by atoms with E-state index in [1.165, 1.54) is 29.8 Å². The predicted octanol–water partition coefficient (Wildman–Crippen LogP) is 4.92. The molecule has 0 aliphatic heterocycles. The highest BCUT2D eigenvalue weighted by Gasteiger charge is 2.34. The van der Waals surface area contributed by atoms with Gasteiger partial charge in [0.25, 0.3) is 5.56 Å². The number of carbonyl (C=O) groups is 1. The lowest BCUT2D eigenvalue weighted by Gasteiger charge is -2.26. The van der Waals surface area contributed by atoms with Crippen LogP contribution in [0.5, 0.6) is 0 Å². The molecule has 2 aromatic carbocycles. The molecule has 0 atom stereocenters. The van der Waals surface area contributed by atoms with Gasteiger partial charge in [-0.15, -0.1) is 11.3 Å². The number of hydrogen-bond donors (Lipinski definition) is 1. The molecule has 6 heteroatoms. The number of benzene rings is 2. The predicted molar refractivity (Wildman–Crippen MR) is 116 cm³/mol. The number of aromatic nitrogens is 2. The zero-order valence-corrected chi connectivity index (χ0v) is 17.2. The van der Waals surface area contributed by atoms with Gasteiger partial charge in [-0.2, -0.15) is 0 Å². The quantitative estimate of drug-likeness (QED) is 0.524. The van der Waals surface area contributed by atoms with Crippen molar-refractivity contribution in [3.05, 3.63) is 75.9 Å². The van der Waals surface area contributed by atoms with Gasteiger partial charge in [0, 0.05) is 16.5 Å². The molecule has 5 nitrogen and oxygen atoms in total. The van der Waals surface area contributed by atoms with Crippen LogP contribution in [0.4, 0.5) is 0 Å². The molecular formula is C23H20N2O3S. The van der Waals surface area contributed by atoms with Gasteiger partial charge < -0.3 is 5.11 Å². The normalized spacial score (nSPS) is 11.7. The molecule has 0 amide bonds. The van der Waals surface area contributed by atoms with E-state index in [1.807, 2.05) is 66.9 Å². The van der Waals surface area contributed by atoms with Crippen LogP contribution in [0.1, 0.15) is 19.4 Å². The van der Waals surface area contributed by atoms with Crippen LogP contribution in [0.25, 0.3) is 32.7 Å². The Balaban J connectivity index is 2.12. The van der Waals surface area contributed by atoms with Crippen molar-refractivity contribution in [2.24, 2.45) is 0 Å². The average molecular weight is 404 g/mol. The number of thiophene rings is 1. The van der Waals surface area contributed by atoms with E-state index < -0.39 is 11.5 Å². The molecule has 0 aliphatic rings. The minimum Gasteiger partial charge on any atom is -0.480 e. The second-order valence-electron chi connectivity index (χ2n) is 7.51. The summed E-state index contributed by atoms with van der Waals surface area (Å²) in [5.74, 6) is -0.730. The molecule has 146 valence electrons. The fourth-order valence-electron chi connectivity index (χ4n) is 3.41. The monoisotopic (exact) mass is 404 g/mol. The van der Waals surface area contributed by atoms with Gasteiger partial charge in [0.05, 0.1) is 5.39 Å². The van der Waals surface area contributed by atoms with Gasteiger partial charge in [-0.1, -0.05) is 54.1 Å². The van der Waals surface area contributed by atoms with Gasteiger partial charge in [-0.25, -0.2) is 9.78 Å². The van der Waals surface area contributed by atoms with E-state index in [1.54, 1.807) is 0 Å². The zero-order chi connectivity index (χ0) is 20.8. The van der Waals surface area contributed by atoms with E-state index in [-0.39, 0.29) is 5.56 Å². The highest BCUT2D eigenvalue weighted by molar-refractivity contribution is 7.17. The van der Waals surface area contributed by atoms with Gasteiger partial charge >= 0.3 is 5.97 Å². The fraction of sp³-hybridized carbons (Fsp3) is 0.174. The molecule has 4 rings (SSSR count). The van der Waals surface area contributed by atoms with Crippen molar-refractivity contribution >= 4 is 27.5 Å². The first-order valence-corrected chi connectivity index (χ1v) is 10.1. The first-order valence-electron chi connectivity index (χ1n) is 9.21. The second-order valence-corrected chi connectivity index (χ2v) is 8.36. The molecule has 4 aromatic rings. The summed E-state index contributed by atoms with van der Waals surface area (Å²) in [5.41, 5.74) is 1.59. The van der Waals surface area contributed by atoms with Crippen molar-refractivity contribution in [1.82, 2.24) is 9.55 Å². The van der Waals surface area contributed by atoms with Crippen LogP contribution in [-0.4, -0.2) is 20.6 Å². The number of aliphatic carboxylic acids is 1. The summed E-state index contributed by atoms with van der Waals surface area (Å²) in [6, 6.07) is 17.2. The lowest BCUT2D eigenvalue weighted by molar-refractivity contribution is -0.145. The summed E-state index contributed by atoms with van der Waals surface area (Å²) in [4.78, 5) is 31.1. The van der Waals surface area contributed by atoms with Crippen LogP contribution in [0, 0.1) is 6.92 Å². The number of carboxylic acids is 1. The first kappa shape index (κ1) is 19.1. The van der Waals surface area contributed by atoms with E-state index in [4.69, 9.17) is 4.98 Å². The SMILES string of the molecule is Cc1cccc(-c2nc3scc(-c4ccccc4)c3c(=O)n2C(C)(C)C(=O)O)c1. The summed E-state index contributed by atoms with van der Waals surface area (Å²) in [6.07, 6.45) is 0. The Bertz CT molecular complexity index is 1290. The average Bonchev–Trinajstić information content (AvgIpc) is 3.12. The zero-order valence-electron chi connectivity index (χ0n) is 16.3. The van der Waals surface area contributed by atoms with E-state index in [9.17, 15) is 14.7 Å². The Labute approximate surface area is 171 Å². The van der Waals surface area contributed by atoms with Crippen molar-refractivity contribution in [1.29, 1.82) is 0 Å². The minimum absolute atomic E-state index is 0.348. The van der Waals surface area contributed by atoms with Crippen LogP contribution in [0.15, 0.2) is 64.8 Å². The van der Waals surface area contributed by atoms with Crippen LogP contribution >= 0.6 is 11.3 Å². The Morgan fingerprint density at radius 1 is 1.07 bits per heavy atom. The maximum atomic E-state index is 13.7. The van der Waals surface area contributed by atoms with Gasteiger partial charge in [0.15, 0.2) is 0 Å². The number of rotatable bonds is 4. The summed E-state index contributed by atoms with van der Waals surface area (Å²) in [6.45, 7) is 5.00. The largest absolute Gasteiger partial charge is 0.480 e. The second kappa shape index (κ2) is 6.97. The van der Waals surface area contributed by atoms with Crippen molar-refractivity contribution < 1.29 is 9.90 Å². The van der Waals surface area contributed by atoms with Crippen LogP contribution in [0.2, 0.25) is 0 Å². The molecule has 0 radical (unpaired) electrons. The highest BCUT2D eigenvalue weighted by atomic mass is 32.1. The van der Waals surface area contributed by atoms with Crippen LogP contribution < -0.4 is 5.56 Å².